The summed E-state index contributed by atoms with van der Waals surface area (Å²) in [5.41, 5.74) is 3.29. The zero-order chi connectivity index (χ0) is 24.2. The first-order chi connectivity index (χ1) is 16.9. The number of rotatable bonds is 4. The normalized spacial score (nSPS) is 18.8. The van der Waals surface area contributed by atoms with E-state index < -0.39 is 6.04 Å². The number of hydrogen-bond acceptors (Lipinski definition) is 5. The molecule has 6 rings (SSSR count). The molecule has 0 saturated heterocycles. The Bertz CT molecular complexity index is 1500. The summed E-state index contributed by atoms with van der Waals surface area (Å²) in [4.78, 5) is 18.1. The molecule has 2 aliphatic rings. The first kappa shape index (κ1) is 22.0. The predicted octanol–water partition coefficient (Wildman–Crippen LogP) is 6.52. The lowest BCUT2D eigenvalue weighted by molar-refractivity contribution is -0.118. The van der Waals surface area contributed by atoms with Crippen LogP contribution in [0.4, 0.5) is 10.3 Å². The van der Waals surface area contributed by atoms with Gasteiger partial charge in [-0.15, -0.1) is 5.10 Å². The van der Waals surface area contributed by atoms with Crippen LogP contribution >= 0.6 is 11.8 Å². The van der Waals surface area contributed by atoms with Gasteiger partial charge in [-0.3, -0.25) is 4.79 Å². The number of benzene rings is 3. The summed E-state index contributed by atoms with van der Waals surface area (Å²) in [5, 5.41) is 11.2. The van der Waals surface area contributed by atoms with Gasteiger partial charge >= 0.3 is 0 Å². The first-order valence-corrected chi connectivity index (χ1v) is 12.7. The SMILES string of the molecule is CC1(C)CC(=O)C2=C(C1)Nc1nc(SCc3cccc4ccccc34)nn1C2c1cccc(F)c1. The third kappa shape index (κ3) is 4.04. The fourth-order valence-corrected chi connectivity index (χ4v) is 6.03. The largest absolute Gasteiger partial charge is 0.328 e. The van der Waals surface area contributed by atoms with E-state index >= 15 is 0 Å². The second kappa shape index (κ2) is 8.34. The van der Waals surface area contributed by atoms with E-state index in [0.29, 0.717) is 34.4 Å². The monoisotopic (exact) mass is 484 g/mol. The van der Waals surface area contributed by atoms with Crippen LogP contribution in [-0.4, -0.2) is 20.5 Å². The number of allylic oxidation sites excluding steroid dienone is 2. The second-order valence-corrected chi connectivity index (χ2v) is 10.9. The maximum absolute atomic E-state index is 14.2. The van der Waals surface area contributed by atoms with E-state index in [-0.39, 0.29) is 17.0 Å². The molecule has 0 spiro atoms. The molecule has 0 amide bonds. The lowest BCUT2D eigenvalue weighted by Crippen LogP contribution is -2.36. The van der Waals surface area contributed by atoms with Gasteiger partial charge in [0, 0.05) is 23.4 Å². The zero-order valence-corrected chi connectivity index (χ0v) is 20.4. The van der Waals surface area contributed by atoms with Crippen molar-refractivity contribution in [3.8, 4) is 0 Å². The van der Waals surface area contributed by atoms with Gasteiger partial charge in [0.05, 0.1) is 0 Å². The van der Waals surface area contributed by atoms with E-state index in [0.717, 1.165) is 12.1 Å². The Morgan fingerprint density at radius 3 is 2.74 bits per heavy atom. The van der Waals surface area contributed by atoms with Crippen LogP contribution in [0.3, 0.4) is 0 Å². The van der Waals surface area contributed by atoms with E-state index in [4.69, 9.17) is 10.1 Å². The molecule has 4 aromatic rings. The number of aromatic nitrogens is 3. The van der Waals surface area contributed by atoms with E-state index in [2.05, 4.69) is 49.5 Å². The minimum Gasteiger partial charge on any atom is -0.328 e. The Morgan fingerprint density at radius 2 is 1.89 bits per heavy atom. The number of thioether (sulfide) groups is 1. The van der Waals surface area contributed by atoms with Crippen molar-refractivity contribution < 1.29 is 9.18 Å². The van der Waals surface area contributed by atoms with Crippen molar-refractivity contribution in [1.29, 1.82) is 0 Å². The lowest BCUT2D eigenvalue weighted by Gasteiger charge is -2.38. The van der Waals surface area contributed by atoms with Crippen LogP contribution in [0.25, 0.3) is 10.8 Å². The van der Waals surface area contributed by atoms with E-state index in [1.54, 1.807) is 22.5 Å². The van der Waals surface area contributed by atoms with Gasteiger partial charge in [-0.25, -0.2) is 9.07 Å². The first-order valence-electron chi connectivity index (χ1n) is 11.7. The molecule has 0 radical (unpaired) electrons. The quantitative estimate of drug-likeness (QED) is 0.334. The highest BCUT2D eigenvalue weighted by Gasteiger charge is 2.42. The molecular formula is C28H25FN4OS. The summed E-state index contributed by atoms with van der Waals surface area (Å²) < 4.78 is 16.0. The van der Waals surface area contributed by atoms with Crippen LogP contribution in [0.5, 0.6) is 0 Å². The van der Waals surface area contributed by atoms with Crippen LogP contribution in [0.2, 0.25) is 0 Å². The standard InChI is InChI=1S/C28H25FN4OS/c1-28(2)14-22-24(23(34)15-28)25(18-9-6-11-20(29)13-18)33-26(30-22)31-27(32-33)35-16-19-10-5-8-17-7-3-4-12-21(17)19/h3-13,25H,14-16H2,1-2H3,(H,30,31,32). The Labute approximate surface area is 207 Å². The summed E-state index contributed by atoms with van der Waals surface area (Å²) in [6.45, 7) is 4.19. The van der Waals surface area contributed by atoms with Crippen molar-refractivity contribution in [1.82, 2.24) is 14.8 Å². The van der Waals surface area contributed by atoms with Gasteiger partial charge in [0.15, 0.2) is 5.78 Å². The van der Waals surface area contributed by atoms with Gasteiger partial charge in [0.1, 0.15) is 11.9 Å². The van der Waals surface area contributed by atoms with E-state index in [9.17, 15) is 9.18 Å². The van der Waals surface area contributed by atoms with Crippen molar-refractivity contribution in [2.75, 3.05) is 5.32 Å². The van der Waals surface area contributed by atoms with Gasteiger partial charge in [-0.1, -0.05) is 80.2 Å². The molecule has 1 aliphatic carbocycles. The lowest BCUT2D eigenvalue weighted by atomic mass is 9.73. The second-order valence-electron chi connectivity index (χ2n) is 10.0. The number of halogens is 1. The minimum absolute atomic E-state index is 0.0733. The topological polar surface area (TPSA) is 59.8 Å². The maximum atomic E-state index is 14.2. The van der Waals surface area contributed by atoms with E-state index in [1.807, 2.05) is 18.2 Å². The molecule has 5 nitrogen and oxygen atoms in total. The van der Waals surface area contributed by atoms with Gasteiger partial charge in [-0.2, -0.15) is 4.98 Å². The highest BCUT2D eigenvalue weighted by atomic mass is 32.2. The number of Topliss-reactive ketones (excluding diaryl/α,β-unsaturated/α-hetero) is 1. The molecule has 176 valence electrons. The summed E-state index contributed by atoms with van der Waals surface area (Å²) in [6.07, 6.45) is 1.18. The number of carbonyl (C=O) groups excluding carboxylic acids is 1. The fraction of sp³-hybridized carbons (Fsp3) is 0.250. The molecule has 0 saturated carbocycles. The molecule has 3 aromatic carbocycles. The van der Waals surface area contributed by atoms with Crippen molar-refractivity contribution in [2.45, 2.75) is 43.6 Å². The van der Waals surface area contributed by atoms with Crippen molar-refractivity contribution in [2.24, 2.45) is 5.41 Å². The highest BCUT2D eigenvalue weighted by Crippen LogP contribution is 2.45. The molecule has 1 aliphatic heterocycles. The number of fused-ring (bicyclic) bond motifs is 2. The third-order valence-corrected chi connectivity index (χ3v) is 7.60. The van der Waals surface area contributed by atoms with Crippen molar-refractivity contribution >= 4 is 34.3 Å². The predicted molar refractivity (Wildman–Crippen MR) is 137 cm³/mol. The van der Waals surface area contributed by atoms with Crippen LogP contribution in [0, 0.1) is 11.2 Å². The Morgan fingerprint density at radius 1 is 1.09 bits per heavy atom. The highest BCUT2D eigenvalue weighted by molar-refractivity contribution is 7.98. The fourth-order valence-electron chi connectivity index (χ4n) is 5.20. The number of carbonyl (C=O) groups is 1. The molecule has 7 heteroatoms. The molecule has 0 fully saturated rings. The molecule has 35 heavy (non-hydrogen) atoms. The van der Waals surface area contributed by atoms with Crippen LogP contribution in [0.15, 0.2) is 83.2 Å². The van der Waals surface area contributed by atoms with Crippen molar-refractivity contribution in [3.63, 3.8) is 0 Å². The van der Waals surface area contributed by atoms with Crippen molar-refractivity contribution in [3.05, 3.63) is 94.9 Å². The summed E-state index contributed by atoms with van der Waals surface area (Å²) >= 11 is 1.56. The van der Waals surface area contributed by atoms with E-state index in [1.165, 1.54) is 28.5 Å². The molecule has 0 bridgehead atoms. The number of nitrogens with one attached hydrogen (secondary N) is 1. The molecular weight excluding hydrogens is 459 g/mol. The van der Waals surface area contributed by atoms with Crippen LogP contribution in [-0.2, 0) is 10.5 Å². The molecule has 1 unspecified atom stereocenters. The molecule has 1 aromatic heterocycles. The maximum Gasteiger partial charge on any atom is 0.227 e. The smallest absolute Gasteiger partial charge is 0.227 e. The average Bonchev–Trinajstić information content (AvgIpc) is 3.23. The van der Waals surface area contributed by atoms with Gasteiger partial charge in [-0.05, 0) is 45.9 Å². The number of ketones is 1. The zero-order valence-electron chi connectivity index (χ0n) is 19.6. The summed E-state index contributed by atoms with van der Waals surface area (Å²) in [6, 6.07) is 20.6. The summed E-state index contributed by atoms with van der Waals surface area (Å²) in [7, 11) is 0. The molecule has 1 N–H and O–H groups in total. The van der Waals surface area contributed by atoms with Crippen LogP contribution < -0.4 is 5.32 Å². The molecule has 2 heterocycles. The average molecular weight is 485 g/mol. The van der Waals surface area contributed by atoms with Gasteiger partial charge in [0.25, 0.3) is 0 Å². The summed E-state index contributed by atoms with van der Waals surface area (Å²) in [5.74, 6) is 1.04. The number of nitrogens with zero attached hydrogens (tertiary/aromatic N) is 3. The Balaban J connectivity index is 1.38. The number of anilines is 1. The van der Waals surface area contributed by atoms with Gasteiger partial charge < -0.3 is 5.32 Å². The Kier molecular flexibility index (Phi) is 5.25. The number of hydrogen-bond donors (Lipinski definition) is 1. The van der Waals surface area contributed by atoms with Crippen LogP contribution in [0.1, 0.15) is 43.9 Å². The third-order valence-electron chi connectivity index (χ3n) is 6.71. The van der Waals surface area contributed by atoms with Gasteiger partial charge in [0.2, 0.25) is 11.1 Å². The molecule has 1 atom stereocenters. The Hall–Kier alpha value is -3.45. The minimum atomic E-state index is -0.500.